The number of rotatable bonds is 4. The van der Waals surface area contributed by atoms with Crippen LogP contribution in [-0.2, 0) is 0 Å². The summed E-state index contributed by atoms with van der Waals surface area (Å²) in [4.78, 5) is 16.2. The van der Waals surface area contributed by atoms with Crippen LogP contribution in [0.2, 0.25) is 5.02 Å². The average Bonchev–Trinajstić information content (AvgIpc) is 2.61. The Morgan fingerprint density at radius 3 is 2.32 bits per heavy atom. The van der Waals surface area contributed by atoms with Gasteiger partial charge in [0.15, 0.2) is 0 Å². The topological polar surface area (TPSA) is 54.0 Å². The van der Waals surface area contributed by atoms with Gasteiger partial charge in [0.2, 0.25) is 0 Å². The van der Waals surface area contributed by atoms with Gasteiger partial charge in [0.05, 0.1) is 16.3 Å². The van der Waals surface area contributed by atoms with Crippen LogP contribution in [0.4, 0.5) is 26.0 Å². The lowest BCUT2D eigenvalue weighted by Crippen LogP contribution is -2.14. The van der Waals surface area contributed by atoms with Crippen LogP contribution in [-0.4, -0.2) is 10.9 Å². The summed E-state index contributed by atoms with van der Waals surface area (Å²) in [5.41, 5.74) is 0.334. The quantitative estimate of drug-likeness (QED) is 0.688. The van der Waals surface area contributed by atoms with Gasteiger partial charge in [0.1, 0.15) is 23.1 Å². The minimum Gasteiger partial charge on any atom is -0.339 e. The molecule has 7 heteroatoms. The zero-order valence-electron chi connectivity index (χ0n) is 12.8. The standard InChI is InChI=1S/C18H12ClF2N3O/c19-12-4-1-2-7-15(12)23-16-9-8-11(10-22-16)18(25)24-17-13(20)5-3-6-14(17)21/h1-10H,(H,22,23)(H,24,25). The number of hydrogen-bond acceptors (Lipinski definition) is 3. The number of nitrogens with one attached hydrogen (secondary N) is 2. The summed E-state index contributed by atoms with van der Waals surface area (Å²) < 4.78 is 27.2. The van der Waals surface area contributed by atoms with E-state index in [1.54, 1.807) is 24.3 Å². The van der Waals surface area contributed by atoms with Crippen molar-refractivity contribution in [3.8, 4) is 0 Å². The molecule has 1 heterocycles. The molecule has 0 aliphatic carbocycles. The lowest BCUT2D eigenvalue weighted by molar-refractivity contribution is 0.102. The molecule has 0 fully saturated rings. The minimum atomic E-state index is -0.849. The first kappa shape index (κ1) is 16.9. The number of carbonyl (C=O) groups excluding carboxylic acids is 1. The van der Waals surface area contributed by atoms with Gasteiger partial charge in [0, 0.05) is 6.20 Å². The predicted octanol–water partition coefficient (Wildman–Crippen LogP) is 5.01. The van der Waals surface area contributed by atoms with Gasteiger partial charge < -0.3 is 10.6 Å². The molecule has 2 N–H and O–H groups in total. The van der Waals surface area contributed by atoms with Gasteiger partial charge in [-0.1, -0.05) is 29.8 Å². The molecule has 0 aliphatic rings. The second-order valence-corrected chi connectivity index (χ2v) is 5.49. The van der Waals surface area contributed by atoms with Crippen LogP contribution >= 0.6 is 11.6 Å². The first-order valence-electron chi connectivity index (χ1n) is 7.27. The number of carbonyl (C=O) groups is 1. The van der Waals surface area contributed by atoms with Crippen molar-refractivity contribution in [2.75, 3.05) is 10.6 Å². The van der Waals surface area contributed by atoms with Crippen molar-refractivity contribution in [1.82, 2.24) is 4.98 Å². The number of hydrogen-bond donors (Lipinski definition) is 2. The van der Waals surface area contributed by atoms with Crippen LogP contribution < -0.4 is 10.6 Å². The van der Waals surface area contributed by atoms with Gasteiger partial charge >= 0.3 is 0 Å². The predicted molar refractivity (Wildman–Crippen MR) is 93.3 cm³/mol. The molecule has 0 saturated carbocycles. The molecule has 0 atom stereocenters. The highest BCUT2D eigenvalue weighted by Gasteiger charge is 2.13. The van der Waals surface area contributed by atoms with Crippen molar-refractivity contribution < 1.29 is 13.6 Å². The zero-order valence-corrected chi connectivity index (χ0v) is 13.5. The van der Waals surface area contributed by atoms with Gasteiger partial charge in [-0.25, -0.2) is 13.8 Å². The fourth-order valence-electron chi connectivity index (χ4n) is 2.11. The summed E-state index contributed by atoms with van der Waals surface area (Å²) in [7, 11) is 0. The maximum Gasteiger partial charge on any atom is 0.257 e. The highest BCUT2D eigenvalue weighted by Crippen LogP contribution is 2.24. The molecule has 0 saturated heterocycles. The van der Waals surface area contributed by atoms with Gasteiger partial charge in [-0.3, -0.25) is 4.79 Å². The van der Waals surface area contributed by atoms with Crippen LogP contribution in [0.5, 0.6) is 0 Å². The van der Waals surface area contributed by atoms with Crippen molar-refractivity contribution >= 4 is 34.7 Å². The summed E-state index contributed by atoms with van der Waals surface area (Å²) in [5, 5.41) is 5.74. The van der Waals surface area contributed by atoms with Gasteiger partial charge in [0.25, 0.3) is 5.91 Å². The number of anilines is 3. The monoisotopic (exact) mass is 359 g/mol. The van der Waals surface area contributed by atoms with E-state index < -0.39 is 23.2 Å². The number of amides is 1. The van der Waals surface area contributed by atoms with Crippen molar-refractivity contribution in [3.63, 3.8) is 0 Å². The van der Waals surface area contributed by atoms with Crippen molar-refractivity contribution in [2.45, 2.75) is 0 Å². The van der Waals surface area contributed by atoms with Crippen LogP contribution in [0.3, 0.4) is 0 Å². The summed E-state index contributed by atoms with van der Waals surface area (Å²) in [5.74, 6) is -1.89. The van der Waals surface area contributed by atoms with Crippen molar-refractivity contribution in [2.24, 2.45) is 0 Å². The van der Waals surface area contributed by atoms with Crippen LogP contribution in [0, 0.1) is 11.6 Å². The largest absolute Gasteiger partial charge is 0.339 e. The van der Waals surface area contributed by atoms with Crippen molar-refractivity contribution in [1.29, 1.82) is 0 Å². The highest BCUT2D eigenvalue weighted by molar-refractivity contribution is 6.33. The van der Waals surface area contributed by atoms with E-state index in [0.29, 0.717) is 16.5 Å². The summed E-state index contributed by atoms with van der Waals surface area (Å²) in [6.45, 7) is 0. The Morgan fingerprint density at radius 2 is 1.68 bits per heavy atom. The van der Waals surface area contributed by atoms with E-state index in [4.69, 9.17) is 11.6 Å². The third-order valence-electron chi connectivity index (χ3n) is 3.36. The number of benzene rings is 2. The van der Waals surface area contributed by atoms with E-state index in [-0.39, 0.29) is 5.56 Å². The first-order valence-corrected chi connectivity index (χ1v) is 7.65. The SMILES string of the molecule is O=C(Nc1c(F)cccc1F)c1ccc(Nc2ccccc2Cl)nc1. The highest BCUT2D eigenvalue weighted by atomic mass is 35.5. The molecule has 3 rings (SSSR count). The molecule has 4 nitrogen and oxygen atoms in total. The number of pyridine rings is 1. The molecule has 3 aromatic rings. The Balaban J connectivity index is 1.74. The first-order chi connectivity index (χ1) is 12.0. The maximum atomic E-state index is 13.6. The Bertz CT molecular complexity index is 896. The molecule has 1 aromatic heterocycles. The minimum absolute atomic E-state index is 0.160. The van der Waals surface area contributed by atoms with Gasteiger partial charge in [-0.15, -0.1) is 0 Å². The molecule has 0 bridgehead atoms. The number of aromatic nitrogens is 1. The summed E-state index contributed by atoms with van der Waals surface area (Å²) in [6.07, 6.45) is 1.30. The van der Waals surface area contributed by atoms with E-state index in [0.717, 1.165) is 12.1 Å². The zero-order chi connectivity index (χ0) is 17.8. The van der Waals surface area contributed by atoms with Gasteiger partial charge in [-0.05, 0) is 36.4 Å². The average molecular weight is 360 g/mol. The maximum absolute atomic E-state index is 13.6. The summed E-state index contributed by atoms with van der Waals surface area (Å²) in [6, 6.07) is 13.5. The Kier molecular flexibility index (Phi) is 4.90. The Hall–Kier alpha value is -2.99. The second kappa shape index (κ2) is 7.27. The van der Waals surface area contributed by atoms with Crippen LogP contribution in [0.1, 0.15) is 10.4 Å². The Morgan fingerprint density at radius 1 is 0.960 bits per heavy atom. The molecule has 0 aliphatic heterocycles. The third kappa shape index (κ3) is 3.92. The number of nitrogens with zero attached hydrogens (tertiary/aromatic N) is 1. The van der Waals surface area contributed by atoms with E-state index in [1.165, 1.54) is 18.3 Å². The molecule has 1 amide bonds. The molecular formula is C18H12ClF2N3O. The molecule has 0 unspecified atom stereocenters. The molecule has 0 spiro atoms. The molecule has 126 valence electrons. The fraction of sp³-hybridized carbons (Fsp3) is 0. The number of para-hydroxylation sites is 2. The second-order valence-electron chi connectivity index (χ2n) is 5.09. The Labute approximate surface area is 147 Å². The normalized spacial score (nSPS) is 10.4. The molecule has 0 radical (unpaired) electrons. The van der Waals surface area contributed by atoms with Crippen LogP contribution in [0.25, 0.3) is 0 Å². The lowest BCUT2D eigenvalue weighted by Gasteiger charge is -2.09. The van der Waals surface area contributed by atoms with E-state index in [1.807, 2.05) is 6.07 Å². The van der Waals surface area contributed by atoms with E-state index in [2.05, 4.69) is 15.6 Å². The third-order valence-corrected chi connectivity index (χ3v) is 3.69. The lowest BCUT2D eigenvalue weighted by atomic mass is 10.2. The number of halogens is 3. The van der Waals surface area contributed by atoms with E-state index in [9.17, 15) is 13.6 Å². The summed E-state index contributed by atoms with van der Waals surface area (Å²) >= 11 is 6.05. The molecule has 25 heavy (non-hydrogen) atoms. The van der Waals surface area contributed by atoms with Crippen molar-refractivity contribution in [3.05, 3.63) is 83.0 Å². The molecule has 2 aromatic carbocycles. The fourth-order valence-corrected chi connectivity index (χ4v) is 2.29. The smallest absolute Gasteiger partial charge is 0.257 e. The van der Waals surface area contributed by atoms with Crippen LogP contribution in [0.15, 0.2) is 60.8 Å². The van der Waals surface area contributed by atoms with Gasteiger partial charge in [-0.2, -0.15) is 0 Å². The van der Waals surface area contributed by atoms with E-state index >= 15 is 0 Å². The molecular weight excluding hydrogens is 348 g/mol.